The predicted molar refractivity (Wildman–Crippen MR) is 88.5 cm³/mol. The molecule has 0 fully saturated rings. The minimum atomic E-state index is -2.04. The minimum absolute atomic E-state index is 0.318. The maximum Gasteiger partial charge on any atom is 0.337 e. The van der Waals surface area contributed by atoms with Crippen molar-refractivity contribution in [2.24, 2.45) is 0 Å². The van der Waals surface area contributed by atoms with Crippen molar-refractivity contribution in [1.82, 2.24) is 15.1 Å². The molecule has 8 heteroatoms. The van der Waals surface area contributed by atoms with Crippen LogP contribution in [0.5, 0.6) is 0 Å². The number of nitrogens with zero attached hydrogens (tertiary/aromatic N) is 2. The summed E-state index contributed by atoms with van der Waals surface area (Å²) in [6.45, 7) is 2.58. The van der Waals surface area contributed by atoms with Gasteiger partial charge in [0.1, 0.15) is 0 Å². The van der Waals surface area contributed by atoms with E-state index in [1.807, 2.05) is 13.0 Å². The molecule has 0 saturated carbocycles. The van der Waals surface area contributed by atoms with Crippen LogP contribution in [0.4, 0.5) is 0 Å². The molecule has 1 amide bonds. The van der Waals surface area contributed by atoms with Crippen LogP contribution in [0.1, 0.15) is 29.9 Å². The number of hydrogen-bond acceptors (Lipinski definition) is 4. The van der Waals surface area contributed by atoms with Gasteiger partial charge in [0.25, 0.3) is 5.91 Å². The lowest BCUT2D eigenvalue weighted by Gasteiger charge is -2.18. The average molecular weight is 352 g/mol. The number of nitrogens with one attached hydrogen (secondary N) is 1. The van der Waals surface area contributed by atoms with E-state index in [2.05, 4.69) is 10.4 Å². The summed E-state index contributed by atoms with van der Waals surface area (Å²) in [7, 11) is 0. The van der Waals surface area contributed by atoms with E-state index in [4.69, 9.17) is 16.7 Å². The zero-order valence-corrected chi connectivity index (χ0v) is 14.0. The van der Waals surface area contributed by atoms with Crippen LogP contribution in [-0.4, -0.2) is 44.0 Å². The number of aliphatic hydroxyl groups is 1. The van der Waals surface area contributed by atoms with E-state index in [1.54, 1.807) is 22.9 Å². The molecule has 24 heavy (non-hydrogen) atoms. The van der Waals surface area contributed by atoms with Gasteiger partial charge >= 0.3 is 5.97 Å². The molecule has 0 aliphatic carbocycles. The first-order valence-corrected chi connectivity index (χ1v) is 7.71. The first-order chi connectivity index (χ1) is 11.3. The number of rotatable bonds is 6. The number of halogens is 1. The Morgan fingerprint density at radius 2 is 2.12 bits per heavy atom. The van der Waals surface area contributed by atoms with Crippen LogP contribution in [0.2, 0.25) is 5.02 Å². The van der Waals surface area contributed by atoms with Gasteiger partial charge in [-0.3, -0.25) is 4.79 Å². The van der Waals surface area contributed by atoms with Crippen LogP contribution < -0.4 is 5.32 Å². The van der Waals surface area contributed by atoms with Crippen molar-refractivity contribution in [3.8, 4) is 5.69 Å². The molecule has 0 aliphatic rings. The average Bonchev–Trinajstić information content (AvgIpc) is 2.96. The second-order valence-corrected chi connectivity index (χ2v) is 5.95. The second-order valence-electron chi connectivity index (χ2n) is 5.51. The van der Waals surface area contributed by atoms with E-state index in [1.165, 1.54) is 6.20 Å². The summed E-state index contributed by atoms with van der Waals surface area (Å²) in [6, 6.07) is 7.06. The van der Waals surface area contributed by atoms with Gasteiger partial charge in [0.2, 0.25) is 0 Å². The fraction of sp³-hybridized carbons (Fsp3) is 0.312. The van der Waals surface area contributed by atoms with Crippen molar-refractivity contribution < 1.29 is 19.8 Å². The summed E-state index contributed by atoms with van der Waals surface area (Å²) in [5.41, 5.74) is -0.343. The third-order valence-electron chi connectivity index (χ3n) is 3.56. The zero-order valence-electron chi connectivity index (χ0n) is 13.3. The minimum Gasteiger partial charge on any atom is -0.479 e. The molecular weight excluding hydrogens is 334 g/mol. The second kappa shape index (κ2) is 7.02. The Labute approximate surface area is 143 Å². The number of carbonyl (C=O) groups is 2. The Morgan fingerprint density at radius 1 is 1.42 bits per heavy atom. The molecule has 1 aromatic carbocycles. The maximum absolute atomic E-state index is 12.3. The molecule has 1 heterocycles. The Kier molecular flexibility index (Phi) is 5.26. The van der Waals surface area contributed by atoms with Crippen molar-refractivity contribution in [2.45, 2.75) is 25.9 Å². The molecule has 1 atom stereocenters. The van der Waals surface area contributed by atoms with Crippen LogP contribution in [0.3, 0.4) is 0 Å². The fourth-order valence-corrected chi connectivity index (χ4v) is 2.34. The molecule has 7 nitrogen and oxygen atoms in total. The first-order valence-electron chi connectivity index (χ1n) is 7.33. The lowest BCUT2D eigenvalue weighted by molar-refractivity contribution is -0.155. The monoisotopic (exact) mass is 351 g/mol. The molecule has 2 aromatic rings. The van der Waals surface area contributed by atoms with Crippen molar-refractivity contribution >= 4 is 23.5 Å². The van der Waals surface area contributed by atoms with Crippen molar-refractivity contribution in [3.63, 3.8) is 0 Å². The van der Waals surface area contributed by atoms with Gasteiger partial charge in [-0.1, -0.05) is 24.6 Å². The van der Waals surface area contributed by atoms with E-state index >= 15 is 0 Å². The number of amides is 1. The van der Waals surface area contributed by atoms with Gasteiger partial charge in [-0.2, -0.15) is 5.10 Å². The number of aromatic nitrogens is 2. The molecule has 128 valence electrons. The third kappa shape index (κ3) is 3.74. The third-order valence-corrected chi connectivity index (χ3v) is 3.79. The number of hydrogen-bond donors (Lipinski definition) is 3. The molecular formula is C16H18ClN3O4. The topological polar surface area (TPSA) is 104 Å². The van der Waals surface area contributed by atoms with Gasteiger partial charge < -0.3 is 15.5 Å². The van der Waals surface area contributed by atoms with E-state index in [9.17, 15) is 14.7 Å². The molecule has 0 saturated heterocycles. The molecule has 3 N–H and O–H groups in total. The number of carboxylic acid groups (broad SMARTS) is 1. The van der Waals surface area contributed by atoms with Crippen LogP contribution in [-0.2, 0) is 11.2 Å². The van der Waals surface area contributed by atoms with Crippen LogP contribution in [0.25, 0.3) is 5.69 Å². The normalized spacial score (nSPS) is 13.3. The van der Waals surface area contributed by atoms with Gasteiger partial charge in [0, 0.05) is 5.02 Å². The summed E-state index contributed by atoms with van der Waals surface area (Å²) in [6.07, 6.45) is 1.94. The molecule has 0 aliphatic heterocycles. The highest BCUT2D eigenvalue weighted by atomic mass is 35.5. The highest BCUT2D eigenvalue weighted by Gasteiger charge is 2.31. The van der Waals surface area contributed by atoms with Crippen LogP contribution in [0.15, 0.2) is 30.5 Å². The summed E-state index contributed by atoms with van der Waals surface area (Å²) in [5, 5.41) is 25.7. The number of benzene rings is 1. The molecule has 0 spiro atoms. The summed E-state index contributed by atoms with van der Waals surface area (Å²) < 4.78 is 1.61. The van der Waals surface area contributed by atoms with Crippen LogP contribution in [0, 0.1) is 0 Å². The maximum atomic E-state index is 12.3. The van der Waals surface area contributed by atoms with E-state index in [0.29, 0.717) is 22.7 Å². The lowest BCUT2D eigenvalue weighted by atomic mass is 10.1. The zero-order chi connectivity index (χ0) is 17.9. The largest absolute Gasteiger partial charge is 0.479 e. The summed E-state index contributed by atoms with van der Waals surface area (Å²) in [4.78, 5) is 23.2. The number of carbonyl (C=O) groups excluding carboxylic acids is 1. The molecule has 0 radical (unpaired) electrons. The SMILES string of the molecule is CCc1c(C(=O)NCC(C)(O)C(=O)O)cnn1-c1cccc(Cl)c1. The van der Waals surface area contributed by atoms with Gasteiger partial charge in [0.15, 0.2) is 5.60 Å². The Balaban J connectivity index is 2.26. The molecule has 1 aromatic heterocycles. The Hall–Kier alpha value is -2.38. The quantitative estimate of drug-likeness (QED) is 0.734. The molecule has 1 unspecified atom stereocenters. The number of aliphatic carboxylic acids is 1. The highest BCUT2D eigenvalue weighted by molar-refractivity contribution is 6.30. The van der Waals surface area contributed by atoms with Gasteiger partial charge in [-0.15, -0.1) is 0 Å². The Bertz CT molecular complexity index is 770. The smallest absolute Gasteiger partial charge is 0.337 e. The van der Waals surface area contributed by atoms with E-state index in [-0.39, 0.29) is 0 Å². The highest BCUT2D eigenvalue weighted by Crippen LogP contribution is 2.19. The van der Waals surface area contributed by atoms with E-state index < -0.39 is 24.0 Å². The summed E-state index contributed by atoms with van der Waals surface area (Å²) in [5.74, 6) is -1.91. The fourth-order valence-electron chi connectivity index (χ4n) is 2.16. The van der Waals surface area contributed by atoms with Crippen molar-refractivity contribution in [3.05, 3.63) is 46.7 Å². The van der Waals surface area contributed by atoms with E-state index in [0.717, 1.165) is 12.6 Å². The standard InChI is InChI=1S/C16H18ClN3O4/c1-3-13-12(14(21)18-9-16(2,24)15(22)23)8-19-20(13)11-6-4-5-10(17)7-11/h4-8,24H,3,9H2,1-2H3,(H,18,21)(H,22,23). The number of carboxylic acids is 1. The first kappa shape index (κ1) is 18.0. The predicted octanol–water partition coefficient (Wildman–Crippen LogP) is 1.65. The van der Waals surface area contributed by atoms with Gasteiger partial charge in [-0.25, -0.2) is 9.48 Å². The summed E-state index contributed by atoms with van der Waals surface area (Å²) >= 11 is 5.99. The van der Waals surface area contributed by atoms with Gasteiger partial charge in [-0.05, 0) is 31.5 Å². The molecule has 0 bridgehead atoms. The lowest BCUT2D eigenvalue weighted by Crippen LogP contribution is -2.46. The van der Waals surface area contributed by atoms with Crippen molar-refractivity contribution in [2.75, 3.05) is 6.54 Å². The Morgan fingerprint density at radius 3 is 2.71 bits per heavy atom. The van der Waals surface area contributed by atoms with Crippen molar-refractivity contribution in [1.29, 1.82) is 0 Å². The van der Waals surface area contributed by atoms with Crippen LogP contribution >= 0.6 is 11.6 Å². The molecule has 2 rings (SSSR count). The van der Waals surface area contributed by atoms with Gasteiger partial charge in [0.05, 0.1) is 29.7 Å².